The van der Waals surface area contributed by atoms with E-state index >= 15 is 0 Å². The predicted octanol–water partition coefficient (Wildman–Crippen LogP) is 2.41. The van der Waals surface area contributed by atoms with Gasteiger partial charge in [0.05, 0.1) is 6.10 Å². The summed E-state index contributed by atoms with van der Waals surface area (Å²) in [7, 11) is 0. The molecule has 1 aliphatic heterocycles. The Morgan fingerprint density at radius 1 is 0.812 bits per heavy atom. The minimum Gasteiger partial charge on any atom is -0.393 e. The molecule has 92 valence electrons. The summed E-state index contributed by atoms with van der Waals surface area (Å²) < 4.78 is 0. The maximum absolute atomic E-state index is 9.53. The lowest BCUT2D eigenvalue weighted by Crippen LogP contribution is -2.41. The highest BCUT2D eigenvalue weighted by molar-refractivity contribution is 4.90. The number of aliphatic hydroxyl groups excluding tert-OH is 1. The Bertz CT molecular complexity index is 231. The highest BCUT2D eigenvalue weighted by Gasteiger charge is 2.36. The van der Waals surface area contributed by atoms with E-state index in [0.717, 1.165) is 43.8 Å². The SMILES string of the molecule is OC1CCN(C2CCC(C3CCC3)C2)CC1. The van der Waals surface area contributed by atoms with E-state index in [0.29, 0.717) is 0 Å². The van der Waals surface area contributed by atoms with E-state index < -0.39 is 0 Å². The molecule has 2 aliphatic carbocycles. The molecule has 2 nitrogen and oxygen atoms in total. The molecule has 0 spiro atoms. The standard InChI is InChI=1S/C14H25NO/c16-14-6-8-15(9-7-14)13-5-4-12(10-13)11-2-1-3-11/h11-14,16H,1-10H2. The zero-order chi connectivity index (χ0) is 11.0. The number of aliphatic hydroxyl groups is 1. The maximum Gasteiger partial charge on any atom is 0.0564 e. The van der Waals surface area contributed by atoms with Crippen molar-refractivity contribution in [1.82, 2.24) is 4.90 Å². The van der Waals surface area contributed by atoms with Gasteiger partial charge in [0.1, 0.15) is 0 Å². The summed E-state index contributed by atoms with van der Waals surface area (Å²) in [6.07, 6.45) is 10.9. The summed E-state index contributed by atoms with van der Waals surface area (Å²) in [6, 6.07) is 0.859. The van der Waals surface area contributed by atoms with Crippen molar-refractivity contribution in [1.29, 1.82) is 0 Å². The lowest BCUT2D eigenvalue weighted by atomic mass is 9.75. The van der Waals surface area contributed by atoms with Crippen molar-refractivity contribution < 1.29 is 5.11 Å². The average molecular weight is 223 g/mol. The van der Waals surface area contributed by atoms with Crippen LogP contribution in [0.2, 0.25) is 0 Å². The van der Waals surface area contributed by atoms with Crippen LogP contribution in [0.3, 0.4) is 0 Å². The topological polar surface area (TPSA) is 23.5 Å². The van der Waals surface area contributed by atoms with Gasteiger partial charge in [-0.1, -0.05) is 19.3 Å². The fourth-order valence-corrected chi connectivity index (χ4v) is 3.91. The second-order valence-electron chi connectivity index (χ2n) is 6.19. The van der Waals surface area contributed by atoms with Crippen LogP contribution in [0.1, 0.15) is 51.4 Å². The van der Waals surface area contributed by atoms with Gasteiger partial charge in [-0.2, -0.15) is 0 Å². The van der Waals surface area contributed by atoms with Gasteiger partial charge in [0.15, 0.2) is 0 Å². The third-order valence-corrected chi connectivity index (χ3v) is 5.28. The van der Waals surface area contributed by atoms with Crippen molar-refractivity contribution in [2.75, 3.05) is 13.1 Å². The largest absolute Gasteiger partial charge is 0.393 e. The molecule has 0 radical (unpaired) electrons. The second kappa shape index (κ2) is 4.66. The first kappa shape index (κ1) is 11.0. The van der Waals surface area contributed by atoms with Crippen LogP contribution < -0.4 is 0 Å². The molecule has 0 bridgehead atoms. The van der Waals surface area contributed by atoms with Crippen molar-refractivity contribution in [2.24, 2.45) is 11.8 Å². The molecule has 0 aromatic carbocycles. The third kappa shape index (κ3) is 2.14. The third-order valence-electron chi connectivity index (χ3n) is 5.28. The lowest BCUT2D eigenvalue weighted by Gasteiger charge is -2.36. The fourth-order valence-electron chi connectivity index (χ4n) is 3.91. The van der Waals surface area contributed by atoms with Crippen molar-refractivity contribution in [2.45, 2.75) is 63.5 Å². The molecular weight excluding hydrogens is 198 g/mol. The summed E-state index contributed by atoms with van der Waals surface area (Å²) in [6.45, 7) is 2.28. The first-order valence-electron chi connectivity index (χ1n) is 7.25. The molecule has 3 rings (SSSR count). The van der Waals surface area contributed by atoms with Crippen LogP contribution in [0.4, 0.5) is 0 Å². The Balaban J connectivity index is 1.49. The van der Waals surface area contributed by atoms with Gasteiger partial charge < -0.3 is 10.0 Å². The van der Waals surface area contributed by atoms with Gasteiger partial charge in [0, 0.05) is 19.1 Å². The lowest BCUT2D eigenvalue weighted by molar-refractivity contribution is 0.0593. The molecule has 1 N–H and O–H groups in total. The Morgan fingerprint density at radius 3 is 2.19 bits per heavy atom. The summed E-state index contributed by atoms with van der Waals surface area (Å²) >= 11 is 0. The van der Waals surface area contributed by atoms with Crippen LogP contribution in [-0.4, -0.2) is 35.2 Å². The van der Waals surface area contributed by atoms with Gasteiger partial charge in [0.2, 0.25) is 0 Å². The van der Waals surface area contributed by atoms with E-state index in [9.17, 15) is 5.11 Å². The van der Waals surface area contributed by atoms with Crippen LogP contribution in [0.25, 0.3) is 0 Å². The van der Waals surface area contributed by atoms with Crippen LogP contribution in [0.5, 0.6) is 0 Å². The molecule has 3 fully saturated rings. The first-order valence-corrected chi connectivity index (χ1v) is 7.25. The van der Waals surface area contributed by atoms with E-state index in [-0.39, 0.29) is 6.10 Å². The van der Waals surface area contributed by atoms with E-state index in [2.05, 4.69) is 4.90 Å². The summed E-state index contributed by atoms with van der Waals surface area (Å²) in [5.41, 5.74) is 0. The van der Waals surface area contributed by atoms with E-state index in [1.54, 1.807) is 0 Å². The summed E-state index contributed by atoms with van der Waals surface area (Å²) in [5.74, 6) is 2.13. The molecule has 1 heterocycles. The normalized spacial score (nSPS) is 38.8. The quantitative estimate of drug-likeness (QED) is 0.777. The highest BCUT2D eigenvalue weighted by Crippen LogP contribution is 2.43. The maximum atomic E-state index is 9.53. The van der Waals surface area contributed by atoms with Gasteiger partial charge in [-0.25, -0.2) is 0 Å². The smallest absolute Gasteiger partial charge is 0.0564 e. The molecule has 2 saturated carbocycles. The number of hydrogen-bond acceptors (Lipinski definition) is 2. The number of nitrogens with zero attached hydrogens (tertiary/aromatic N) is 1. The monoisotopic (exact) mass is 223 g/mol. The summed E-state index contributed by atoms with van der Waals surface area (Å²) in [5, 5.41) is 9.53. The average Bonchev–Trinajstić information content (AvgIpc) is 2.65. The minimum atomic E-state index is -0.0138. The molecule has 0 aromatic heterocycles. The molecule has 2 heteroatoms. The molecule has 3 aliphatic rings. The number of rotatable bonds is 2. The zero-order valence-electron chi connectivity index (χ0n) is 10.3. The minimum absolute atomic E-state index is 0.0138. The fraction of sp³-hybridized carbons (Fsp3) is 1.00. The Kier molecular flexibility index (Phi) is 3.21. The van der Waals surface area contributed by atoms with Gasteiger partial charge >= 0.3 is 0 Å². The van der Waals surface area contributed by atoms with Gasteiger partial charge in [-0.05, 0) is 43.9 Å². The second-order valence-corrected chi connectivity index (χ2v) is 6.19. The number of likely N-dealkylation sites (tertiary alicyclic amines) is 1. The first-order chi connectivity index (χ1) is 7.83. The number of piperidine rings is 1. The Labute approximate surface area is 99.0 Å². The zero-order valence-corrected chi connectivity index (χ0v) is 10.3. The molecule has 1 saturated heterocycles. The molecule has 16 heavy (non-hydrogen) atoms. The van der Waals surface area contributed by atoms with Crippen molar-refractivity contribution in [3.63, 3.8) is 0 Å². The van der Waals surface area contributed by atoms with Gasteiger partial charge in [-0.15, -0.1) is 0 Å². The van der Waals surface area contributed by atoms with Gasteiger partial charge in [0.25, 0.3) is 0 Å². The van der Waals surface area contributed by atoms with E-state index in [4.69, 9.17) is 0 Å². The van der Waals surface area contributed by atoms with Crippen LogP contribution in [0, 0.1) is 11.8 Å². The highest BCUT2D eigenvalue weighted by atomic mass is 16.3. The predicted molar refractivity (Wildman–Crippen MR) is 65.3 cm³/mol. The molecule has 0 amide bonds. The van der Waals surface area contributed by atoms with Crippen molar-refractivity contribution >= 4 is 0 Å². The number of hydrogen-bond donors (Lipinski definition) is 1. The Hall–Kier alpha value is -0.0800. The van der Waals surface area contributed by atoms with E-state index in [1.165, 1.54) is 38.5 Å². The van der Waals surface area contributed by atoms with Crippen molar-refractivity contribution in [3.8, 4) is 0 Å². The van der Waals surface area contributed by atoms with Crippen LogP contribution in [-0.2, 0) is 0 Å². The molecule has 2 atom stereocenters. The Morgan fingerprint density at radius 2 is 1.56 bits per heavy atom. The van der Waals surface area contributed by atoms with Crippen LogP contribution in [0.15, 0.2) is 0 Å². The van der Waals surface area contributed by atoms with Gasteiger partial charge in [-0.3, -0.25) is 0 Å². The molecule has 0 aromatic rings. The van der Waals surface area contributed by atoms with Crippen LogP contribution >= 0.6 is 0 Å². The molecular formula is C14H25NO. The van der Waals surface area contributed by atoms with Crippen molar-refractivity contribution in [3.05, 3.63) is 0 Å². The molecule has 2 unspecified atom stereocenters. The van der Waals surface area contributed by atoms with E-state index in [1.807, 2.05) is 0 Å². The summed E-state index contributed by atoms with van der Waals surface area (Å²) in [4.78, 5) is 2.66.